The molecule has 1 heterocycles. The molecule has 1 fully saturated rings. The number of amides is 1. The van der Waals surface area contributed by atoms with E-state index in [-0.39, 0.29) is 23.8 Å². The summed E-state index contributed by atoms with van der Waals surface area (Å²) in [5.41, 5.74) is 0.723. The largest absolute Gasteiger partial charge is 0.489 e. The summed E-state index contributed by atoms with van der Waals surface area (Å²) in [5, 5.41) is 2.96. The van der Waals surface area contributed by atoms with E-state index in [0.717, 1.165) is 17.9 Å². The molecular formula is C17H19NO3. The van der Waals surface area contributed by atoms with Crippen LogP contribution < -0.4 is 10.1 Å². The zero-order chi connectivity index (χ0) is 14.8. The number of furan rings is 1. The Kier molecular flexibility index (Phi) is 3.69. The highest BCUT2D eigenvalue weighted by atomic mass is 16.5. The Morgan fingerprint density at radius 3 is 2.81 bits per heavy atom. The molecule has 1 saturated carbocycles. The molecule has 0 saturated heterocycles. The molecule has 2 atom stereocenters. The van der Waals surface area contributed by atoms with Gasteiger partial charge >= 0.3 is 0 Å². The summed E-state index contributed by atoms with van der Waals surface area (Å²) < 4.78 is 11.1. The van der Waals surface area contributed by atoms with Crippen LogP contribution in [0.15, 0.2) is 47.1 Å². The number of benzene rings is 1. The van der Waals surface area contributed by atoms with Crippen molar-refractivity contribution < 1.29 is 13.9 Å². The monoisotopic (exact) mass is 285 g/mol. The maximum Gasteiger partial charge on any atom is 0.228 e. The second-order valence-corrected chi connectivity index (χ2v) is 5.62. The van der Waals surface area contributed by atoms with E-state index in [1.807, 2.05) is 50.2 Å². The number of para-hydroxylation sites is 2. The van der Waals surface area contributed by atoms with Crippen molar-refractivity contribution in [1.82, 2.24) is 0 Å². The Morgan fingerprint density at radius 2 is 2.10 bits per heavy atom. The van der Waals surface area contributed by atoms with Crippen LogP contribution in [0.25, 0.3) is 0 Å². The Balaban J connectivity index is 1.66. The van der Waals surface area contributed by atoms with E-state index >= 15 is 0 Å². The van der Waals surface area contributed by atoms with Crippen molar-refractivity contribution in [2.45, 2.75) is 32.3 Å². The third kappa shape index (κ3) is 3.10. The van der Waals surface area contributed by atoms with Crippen LogP contribution >= 0.6 is 0 Å². The quantitative estimate of drug-likeness (QED) is 0.908. The van der Waals surface area contributed by atoms with Crippen molar-refractivity contribution in [1.29, 1.82) is 0 Å². The molecule has 2 aromatic rings. The molecule has 4 nitrogen and oxygen atoms in total. The second kappa shape index (κ2) is 5.64. The van der Waals surface area contributed by atoms with Gasteiger partial charge in [-0.2, -0.15) is 0 Å². The van der Waals surface area contributed by atoms with Crippen molar-refractivity contribution in [2.24, 2.45) is 5.92 Å². The topological polar surface area (TPSA) is 51.5 Å². The van der Waals surface area contributed by atoms with E-state index in [0.29, 0.717) is 5.75 Å². The Labute approximate surface area is 124 Å². The van der Waals surface area contributed by atoms with Crippen LogP contribution in [0.3, 0.4) is 0 Å². The minimum absolute atomic E-state index is 0.0109. The van der Waals surface area contributed by atoms with Gasteiger partial charge in [0.1, 0.15) is 11.5 Å². The fourth-order valence-electron chi connectivity index (χ4n) is 2.45. The standard InChI is InChI=1S/C17H19NO3/c1-11(2)21-16-7-4-3-6-14(16)18-17(19)13-10-12(13)15-8-5-9-20-15/h3-9,11-13H,10H2,1-2H3,(H,18,19). The lowest BCUT2D eigenvalue weighted by atomic mass is 10.2. The van der Waals surface area contributed by atoms with Crippen molar-refractivity contribution in [3.05, 3.63) is 48.4 Å². The van der Waals surface area contributed by atoms with Crippen molar-refractivity contribution in [2.75, 3.05) is 5.32 Å². The Bertz CT molecular complexity index is 619. The van der Waals surface area contributed by atoms with Crippen LogP contribution in [-0.4, -0.2) is 12.0 Å². The Hall–Kier alpha value is -2.23. The zero-order valence-corrected chi connectivity index (χ0v) is 12.2. The Morgan fingerprint density at radius 1 is 1.29 bits per heavy atom. The maximum atomic E-state index is 12.3. The molecule has 1 aliphatic carbocycles. The first-order valence-corrected chi connectivity index (χ1v) is 7.25. The molecule has 1 aromatic heterocycles. The molecule has 1 aromatic carbocycles. The maximum absolute atomic E-state index is 12.3. The summed E-state index contributed by atoms with van der Waals surface area (Å²) in [6.07, 6.45) is 2.56. The van der Waals surface area contributed by atoms with Crippen molar-refractivity contribution >= 4 is 11.6 Å². The second-order valence-electron chi connectivity index (χ2n) is 5.62. The summed E-state index contributed by atoms with van der Waals surface area (Å²) in [6.45, 7) is 3.93. The lowest BCUT2D eigenvalue weighted by molar-refractivity contribution is -0.117. The van der Waals surface area contributed by atoms with Crippen molar-refractivity contribution in [3.8, 4) is 5.75 Å². The van der Waals surface area contributed by atoms with Gasteiger partial charge in [-0.3, -0.25) is 4.79 Å². The van der Waals surface area contributed by atoms with Gasteiger partial charge in [0, 0.05) is 11.8 Å². The molecule has 21 heavy (non-hydrogen) atoms. The number of carbonyl (C=O) groups excluding carboxylic acids is 1. The molecule has 0 spiro atoms. The van der Waals surface area contributed by atoms with Gasteiger partial charge in [0.05, 0.1) is 18.1 Å². The highest BCUT2D eigenvalue weighted by molar-refractivity contribution is 5.96. The number of carbonyl (C=O) groups is 1. The smallest absolute Gasteiger partial charge is 0.228 e. The zero-order valence-electron chi connectivity index (χ0n) is 12.2. The van der Waals surface area contributed by atoms with E-state index in [1.165, 1.54) is 0 Å². The molecule has 3 rings (SSSR count). The molecule has 0 radical (unpaired) electrons. The van der Waals surface area contributed by atoms with Crippen LogP contribution in [-0.2, 0) is 4.79 Å². The first kappa shape index (κ1) is 13.7. The van der Waals surface area contributed by atoms with Crippen LogP contribution in [0.4, 0.5) is 5.69 Å². The van der Waals surface area contributed by atoms with Gasteiger partial charge in [-0.25, -0.2) is 0 Å². The van der Waals surface area contributed by atoms with Gasteiger partial charge in [0.2, 0.25) is 5.91 Å². The molecule has 0 bridgehead atoms. The van der Waals surface area contributed by atoms with Gasteiger partial charge in [-0.1, -0.05) is 12.1 Å². The van der Waals surface area contributed by atoms with Crippen LogP contribution in [0.2, 0.25) is 0 Å². The highest BCUT2D eigenvalue weighted by Crippen LogP contribution is 2.48. The number of hydrogen-bond acceptors (Lipinski definition) is 3. The molecule has 1 amide bonds. The van der Waals surface area contributed by atoms with E-state index in [1.54, 1.807) is 6.26 Å². The molecule has 110 valence electrons. The number of nitrogens with one attached hydrogen (secondary N) is 1. The first-order chi connectivity index (χ1) is 10.1. The average molecular weight is 285 g/mol. The molecule has 1 N–H and O–H groups in total. The van der Waals surface area contributed by atoms with Crippen molar-refractivity contribution in [3.63, 3.8) is 0 Å². The summed E-state index contributed by atoms with van der Waals surface area (Å²) >= 11 is 0. The predicted molar refractivity (Wildman–Crippen MR) is 80.4 cm³/mol. The third-order valence-corrected chi connectivity index (χ3v) is 3.54. The first-order valence-electron chi connectivity index (χ1n) is 7.25. The lowest BCUT2D eigenvalue weighted by Gasteiger charge is -2.14. The van der Waals surface area contributed by atoms with Gasteiger partial charge in [-0.15, -0.1) is 0 Å². The minimum Gasteiger partial charge on any atom is -0.489 e. The highest BCUT2D eigenvalue weighted by Gasteiger charge is 2.45. The summed E-state index contributed by atoms with van der Waals surface area (Å²) in [5.74, 6) is 1.82. The molecular weight excluding hydrogens is 266 g/mol. The third-order valence-electron chi connectivity index (χ3n) is 3.54. The number of anilines is 1. The van der Waals surface area contributed by atoms with Crippen LogP contribution in [0, 0.1) is 5.92 Å². The molecule has 4 heteroatoms. The van der Waals surface area contributed by atoms with E-state index in [2.05, 4.69) is 5.32 Å². The normalized spacial score (nSPS) is 20.3. The van der Waals surface area contributed by atoms with E-state index in [9.17, 15) is 4.79 Å². The SMILES string of the molecule is CC(C)Oc1ccccc1NC(=O)C1CC1c1ccco1. The number of hydrogen-bond donors (Lipinski definition) is 1. The summed E-state index contributed by atoms with van der Waals surface area (Å²) in [4.78, 5) is 12.3. The van der Waals surface area contributed by atoms with E-state index < -0.39 is 0 Å². The predicted octanol–water partition coefficient (Wildman–Crippen LogP) is 3.81. The van der Waals surface area contributed by atoms with Gasteiger partial charge in [0.25, 0.3) is 0 Å². The molecule has 1 aliphatic rings. The fraction of sp³-hybridized carbons (Fsp3) is 0.353. The van der Waals surface area contributed by atoms with E-state index in [4.69, 9.17) is 9.15 Å². The lowest BCUT2D eigenvalue weighted by Crippen LogP contribution is -2.16. The van der Waals surface area contributed by atoms with Gasteiger partial charge < -0.3 is 14.5 Å². The number of ether oxygens (including phenoxy) is 1. The van der Waals surface area contributed by atoms with Crippen LogP contribution in [0.5, 0.6) is 5.75 Å². The average Bonchev–Trinajstić information content (AvgIpc) is 3.07. The fourth-order valence-corrected chi connectivity index (χ4v) is 2.45. The number of rotatable bonds is 5. The van der Waals surface area contributed by atoms with Gasteiger partial charge in [-0.05, 0) is 44.5 Å². The summed E-state index contributed by atoms with van der Waals surface area (Å²) in [7, 11) is 0. The molecule has 0 aliphatic heterocycles. The minimum atomic E-state index is -0.0109. The summed E-state index contributed by atoms with van der Waals surface area (Å²) in [6, 6.07) is 11.3. The molecule has 2 unspecified atom stereocenters. The van der Waals surface area contributed by atoms with Gasteiger partial charge in [0.15, 0.2) is 0 Å². The van der Waals surface area contributed by atoms with Crippen LogP contribution in [0.1, 0.15) is 31.9 Å².